The van der Waals surface area contributed by atoms with Gasteiger partial charge in [0.1, 0.15) is 17.4 Å². The lowest BCUT2D eigenvalue weighted by Gasteiger charge is -2.34. The van der Waals surface area contributed by atoms with E-state index < -0.39 is 5.82 Å². The highest BCUT2D eigenvalue weighted by molar-refractivity contribution is 6.05. The maximum atomic E-state index is 14.3. The first kappa shape index (κ1) is 25.8. The Hall–Kier alpha value is -4.44. The summed E-state index contributed by atoms with van der Waals surface area (Å²) in [5, 5.41) is 6.06. The summed E-state index contributed by atoms with van der Waals surface area (Å²) in [6.07, 6.45) is 5.00. The quantitative estimate of drug-likeness (QED) is 0.370. The Labute approximate surface area is 232 Å². The molecule has 0 spiro atoms. The zero-order valence-electron chi connectivity index (χ0n) is 22.9. The molecule has 6 rings (SSSR count). The molecule has 0 saturated carbocycles. The Kier molecular flexibility index (Phi) is 6.85. The van der Waals surface area contributed by atoms with E-state index in [0.717, 1.165) is 48.8 Å². The molecule has 2 aliphatic rings. The number of anilines is 4. The summed E-state index contributed by atoms with van der Waals surface area (Å²) in [4.78, 5) is 27.2. The van der Waals surface area contributed by atoms with Crippen molar-refractivity contribution in [2.75, 3.05) is 55.9 Å². The number of likely N-dealkylation sites (N-methyl/N-ethyl adjacent to an activating group) is 1. The Morgan fingerprint density at radius 2 is 1.90 bits per heavy atom. The number of amides is 1. The molecule has 0 atom stereocenters. The summed E-state index contributed by atoms with van der Waals surface area (Å²) in [5.41, 5.74) is 5.08. The lowest BCUT2D eigenvalue weighted by atomic mass is 10.0. The van der Waals surface area contributed by atoms with Gasteiger partial charge in [-0.3, -0.25) is 4.79 Å². The van der Waals surface area contributed by atoms with Gasteiger partial charge in [-0.1, -0.05) is 12.1 Å². The van der Waals surface area contributed by atoms with Crippen molar-refractivity contribution in [2.24, 2.45) is 0 Å². The molecule has 0 radical (unpaired) electrons. The molecule has 1 amide bonds. The summed E-state index contributed by atoms with van der Waals surface area (Å²) in [6.45, 7) is 5.77. The number of fused-ring (bicyclic) bond motifs is 3. The highest BCUT2D eigenvalue weighted by Gasteiger charge is 2.25. The first-order valence-corrected chi connectivity index (χ1v) is 13.4. The first-order valence-electron chi connectivity index (χ1n) is 13.4. The number of piperazine rings is 1. The van der Waals surface area contributed by atoms with Gasteiger partial charge in [-0.15, -0.1) is 0 Å². The third kappa shape index (κ3) is 4.86. The van der Waals surface area contributed by atoms with E-state index in [0.29, 0.717) is 41.5 Å². The fourth-order valence-corrected chi connectivity index (χ4v) is 5.36. The van der Waals surface area contributed by atoms with Crippen LogP contribution in [0, 0.1) is 12.7 Å². The van der Waals surface area contributed by atoms with E-state index in [-0.39, 0.29) is 11.6 Å². The molecule has 2 aromatic heterocycles. The van der Waals surface area contributed by atoms with Gasteiger partial charge in [0.15, 0.2) is 0 Å². The molecule has 40 heavy (non-hydrogen) atoms. The van der Waals surface area contributed by atoms with Crippen LogP contribution in [0.2, 0.25) is 0 Å². The number of hydrogen-bond donors (Lipinski definition) is 2. The lowest BCUT2D eigenvalue weighted by Crippen LogP contribution is -2.44. The van der Waals surface area contributed by atoms with E-state index in [9.17, 15) is 9.18 Å². The SMILES string of the molecule is COc1cc(N2CCN(C)CC2)ccc1Nc1ncc2c(n1)-n1ccc(C(=O)Nc3c(C)cccc3F)c1CC2. The number of ether oxygens (including phenoxy) is 1. The van der Waals surface area contributed by atoms with Crippen LogP contribution in [-0.4, -0.2) is 65.7 Å². The number of methoxy groups -OCH3 is 1. The molecule has 2 aromatic carbocycles. The molecule has 2 aliphatic heterocycles. The zero-order chi connectivity index (χ0) is 27.8. The Morgan fingerprint density at radius 3 is 2.67 bits per heavy atom. The molecule has 4 heterocycles. The molecule has 206 valence electrons. The summed E-state index contributed by atoms with van der Waals surface area (Å²) < 4.78 is 22.0. The molecule has 1 fully saturated rings. The van der Waals surface area contributed by atoms with Crippen LogP contribution in [-0.2, 0) is 12.8 Å². The van der Waals surface area contributed by atoms with Crippen molar-refractivity contribution in [3.8, 4) is 11.6 Å². The minimum absolute atomic E-state index is 0.199. The second kappa shape index (κ2) is 10.6. The number of halogens is 1. The van der Waals surface area contributed by atoms with Gasteiger partial charge < -0.3 is 29.7 Å². The number of rotatable bonds is 6. The molecule has 0 unspecified atom stereocenters. The van der Waals surface area contributed by atoms with Crippen molar-refractivity contribution in [2.45, 2.75) is 19.8 Å². The number of aryl methyl sites for hydroxylation is 2. The van der Waals surface area contributed by atoms with Crippen molar-refractivity contribution < 1.29 is 13.9 Å². The number of hydrogen-bond acceptors (Lipinski definition) is 7. The Balaban J connectivity index is 1.24. The van der Waals surface area contributed by atoms with Crippen molar-refractivity contribution in [1.29, 1.82) is 0 Å². The van der Waals surface area contributed by atoms with E-state index in [1.165, 1.54) is 6.07 Å². The maximum absolute atomic E-state index is 14.3. The fourth-order valence-electron chi connectivity index (χ4n) is 5.36. The molecule has 0 aliphatic carbocycles. The number of para-hydroxylation sites is 1. The highest BCUT2D eigenvalue weighted by Crippen LogP contribution is 2.33. The van der Waals surface area contributed by atoms with Crippen LogP contribution in [0.3, 0.4) is 0 Å². The van der Waals surface area contributed by atoms with Crippen molar-refractivity contribution >= 4 is 28.9 Å². The average Bonchev–Trinajstić information content (AvgIpc) is 3.41. The van der Waals surface area contributed by atoms with Gasteiger partial charge in [0, 0.05) is 61.6 Å². The van der Waals surface area contributed by atoms with Crippen LogP contribution in [0.5, 0.6) is 5.75 Å². The van der Waals surface area contributed by atoms with Crippen LogP contribution in [0.1, 0.15) is 27.2 Å². The minimum atomic E-state index is -0.456. The van der Waals surface area contributed by atoms with Crippen LogP contribution in [0.4, 0.5) is 27.4 Å². The summed E-state index contributed by atoms with van der Waals surface area (Å²) >= 11 is 0. The van der Waals surface area contributed by atoms with Crippen molar-refractivity contribution in [1.82, 2.24) is 19.4 Å². The molecule has 9 nitrogen and oxygen atoms in total. The Morgan fingerprint density at radius 1 is 1.07 bits per heavy atom. The zero-order valence-corrected chi connectivity index (χ0v) is 22.9. The van der Waals surface area contributed by atoms with Crippen LogP contribution < -0.4 is 20.3 Å². The molecule has 4 aromatic rings. The second-order valence-corrected chi connectivity index (χ2v) is 10.3. The highest BCUT2D eigenvalue weighted by atomic mass is 19.1. The largest absolute Gasteiger partial charge is 0.494 e. The van der Waals surface area contributed by atoms with E-state index in [1.807, 2.05) is 29.1 Å². The monoisotopic (exact) mass is 541 g/mol. The average molecular weight is 542 g/mol. The molecule has 2 N–H and O–H groups in total. The first-order chi connectivity index (χ1) is 19.4. The van der Waals surface area contributed by atoms with Gasteiger partial charge in [-0.25, -0.2) is 9.37 Å². The number of carbonyl (C=O) groups is 1. The number of benzene rings is 2. The van der Waals surface area contributed by atoms with Gasteiger partial charge in [-0.2, -0.15) is 4.98 Å². The second-order valence-electron chi connectivity index (χ2n) is 10.3. The third-order valence-electron chi connectivity index (χ3n) is 7.70. The van der Waals surface area contributed by atoms with Crippen molar-refractivity contribution in [3.63, 3.8) is 0 Å². The van der Waals surface area contributed by atoms with Crippen LogP contribution in [0.25, 0.3) is 5.82 Å². The normalized spacial score (nSPS) is 14.8. The standard InChI is InChI=1S/C30H32FN7O2/c1-19-5-4-6-23(31)27(19)34-29(39)22-11-12-38-25(22)10-7-20-18-32-30(35-28(20)38)33-24-9-8-21(17-26(24)40-3)37-15-13-36(2)14-16-37/h4-6,8-9,11-12,17-18H,7,10,13-16H2,1-3H3,(H,34,39)(H,32,33,35). The van der Waals surface area contributed by atoms with E-state index >= 15 is 0 Å². The summed E-state index contributed by atoms with van der Waals surface area (Å²) in [6, 6.07) is 12.6. The predicted molar refractivity (Wildman–Crippen MR) is 154 cm³/mol. The van der Waals surface area contributed by atoms with Gasteiger partial charge in [-0.05, 0) is 56.6 Å². The Bertz CT molecular complexity index is 1560. The third-order valence-corrected chi connectivity index (χ3v) is 7.70. The molecule has 10 heteroatoms. The topological polar surface area (TPSA) is 87.6 Å². The van der Waals surface area contributed by atoms with E-state index in [4.69, 9.17) is 9.72 Å². The number of carbonyl (C=O) groups excluding carboxylic acids is 1. The van der Waals surface area contributed by atoms with Crippen LogP contribution >= 0.6 is 0 Å². The number of aromatic nitrogens is 3. The summed E-state index contributed by atoms with van der Waals surface area (Å²) in [5.74, 6) is 1.05. The molecule has 0 bridgehead atoms. The lowest BCUT2D eigenvalue weighted by molar-refractivity contribution is 0.102. The van der Waals surface area contributed by atoms with Gasteiger partial charge >= 0.3 is 0 Å². The summed E-state index contributed by atoms with van der Waals surface area (Å²) in [7, 11) is 3.80. The van der Waals surface area contributed by atoms with Gasteiger partial charge in [0.25, 0.3) is 5.91 Å². The number of nitrogens with zero attached hydrogens (tertiary/aromatic N) is 5. The molecular weight excluding hydrogens is 509 g/mol. The molecular formula is C30H32FN7O2. The van der Waals surface area contributed by atoms with E-state index in [2.05, 4.69) is 38.5 Å². The number of nitrogens with one attached hydrogen (secondary N) is 2. The van der Waals surface area contributed by atoms with Crippen LogP contribution in [0.15, 0.2) is 54.9 Å². The smallest absolute Gasteiger partial charge is 0.257 e. The van der Waals surface area contributed by atoms with Crippen molar-refractivity contribution in [3.05, 3.63) is 83.1 Å². The molecule has 1 saturated heterocycles. The maximum Gasteiger partial charge on any atom is 0.257 e. The fraction of sp³-hybridized carbons (Fsp3) is 0.300. The van der Waals surface area contributed by atoms with Gasteiger partial charge in [0.05, 0.1) is 24.0 Å². The minimum Gasteiger partial charge on any atom is -0.494 e. The predicted octanol–water partition coefficient (Wildman–Crippen LogP) is 4.57. The van der Waals surface area contributed by atoms with E-state index in [1.54, 1.807) is 32.2 Å². The van der Waals surface area contributed by atoms with Gasteiger partial charge in [0.2, 0.25) is 5.95 Å².